The van der Waals surface area contributed by atoms with Crippen LogP contribution in [-0.4, -0.2) is 9.97 Å². The first-order valence-electron chi connectivity index (χ1n) is 20.9. The Kier molecular flexibility index (Phi) is 8.10. The first-order chi connectivity index (χ1) is 30.6. The summed E-state index contributed by atoms with van der Waals surface area (Å²) in [6, 6.07) is 76.8. The van der Waals surface area contributed by atoms with E-state index in [0.717, 1.165) is 83.7 Å². The van der Waals surface area contributed by atoms with Crippen molar-refractivity contribution < 1.29 is 4.74 Å². The van der Waals surface area contributed by atoms with Crippen LogP contribution >= 0.6 is 0 Å². The van der Waals surface area contributed by atoms with Crippen LogP contribution in [-0.2, 0) is 5.41 Å². The highest BCUT2D eigenvalue weighted by molar-refractivity contribution is 5.92. The van der Waals surface area contributed by atoms with Crippen LogP contribution in [0, 0.1) is 11.3 Å². The third kappa shape index (κ3) is 5.60. The van der Waals surface area contributed by atoms with Gasteiger partial charge < -0.3 is 4.74 Å². The molecule has 0 fully saturated rings. The number of aromatic nitrogens is 2. The van der Waals surface area contributed by atoms with E-state index in [2.05, 4.69) is 164 Å². The van der Waals surface area contributed by atoms with Crippen LogP contribution in [0.1, 0.15) is 27.8 Å². The predicted molar refractivity (Wildman–Crippen MR) is 249 cm³/mol. The molecule has 0 bridgehead atoms. The van der Waals surface area contributed by atoms with E-state index < -0.39 is 5.41 Å². The molecule has 0 N–H and O–H groups in total. The molecule has 10 aromatic rings. The van der Waals surface area contributed by atoms with Crippen LogP contribution in [0.15, 0.2) is 212 Å². The Morgan fingerprint density at radius 3 is 1.47 bits per heavy atom. The van der Waals surface area contributed by atoms with Gasteiger partial charge in [0, 0.05) is 27.8 Å². The van der Waals surface area contributed by atoms with Crippen molar-refractivity contribution in [3.05, 3.63) is 240 Å². The van der Waals surface area contributed by atoms with Crippen LogP contribution in [0.25, 0.3) is 78.1 Å². The van der Waals surface area contributed by atoms with Gasteiger partial charge in [0.1, 0.15) is 11.5 Å². The molecule has 1 aliphatic carbocycles. The molecular formula is C58H35N3O. The van der Waals surface area contributed by atoms with Gasteiger partial charge >= 0.3 is 0 Å². The fraction of sp³-hybridized carbons (Fsp3) is 0.0172. The van der Waals surface area contributed by atoms with Crippen molar-refractivity contribution in [3.63, 3.8) is 0 Å². The number of nitrogens with zero attached hydrogens (tertiary/aromatic N) is 3. The summed E-state index contributed by atoms with van der Waals surface area (Å²) in [6.07, 6.45) is 0. The van der Waals surface area contributed by atoms with Gasteiger partial charge in [0.15, 0.2) is 5.82 Å². The van der Waals surface area contributed by atoms with Crippen molar-refractivity contribution in [2.45, 2.75) is 5.41 Å². The van der Waals surface area contributed by atoms with Gasteiger partial charge in [-0.15, -0.1) is 0 Å². The molecule has 0 saturated carbocycles. The highest BCUT2D eigenvalue weighted by atomic mass is 16.5. The average molecular weight is 790 g/mol. The van der Waals surface area contributed by atoms with E-state index >= 15 is 0 Å². The molecule has 2 heterocycles. The molecule has 0 radical (unpaired) electrons. The van der Waals surface area contributed by atoms with E-state index in [0.29, 0.717) is 11.4 Å². The van der Waals surface area contributed by atoms with Crippen molar-refractivity contribution >= 4 is 10.8 Å². The highest BCUT2D eigenvalue weighted by Gasteiger charge is 2.51. The minimum atomic E-state index is -0.636. The zero-order chi connectivity index (χ0) is 41.2. The van der Waals surface area contributed by atoms with E-state index in [9.17, 15) is 5.26 Å². The van der Waals surface area contributed by atoms with Crippen LogP contribution in [0.5, 0.6) is 11.5 Å². The molecular weight excluding hydrogens is 755 g/mol. The normalized spacial score (nSPS) is 12.8. The molecule has 1 aliphatic heterocycles. The first kappa shape index (κ1) is 35.5. The lowest BCUT2D eigenvalue weighted by Crippen LogP contribution is -2.32. The Bertz CT molecular complexity index is 3340. The molecule has 0 unspecified atom stereocenters. The van der Waals surface area contributed by atoms with Crippen molar-refractivity contribution in [1.29, 1.82) is 5.26 Å². The zero-order valence-corrected chi connectivity index (χ0v) is 33.5. The number of rotatable bonds is 5. The fourth-order valence-corrected chi connectivity index (χ4v) is 9.66. The van der Waals surface area contributed by atoms with E-state index in [1.807, 2.05) is 54.6 Å². The number of nitriles is 1. The smallest absolute Gasteiger partial charge is 0.160 e. The standard InChI is InChI=1S/C58H35N3O/c59-36-37-19-20-43-32-44(26-25-42(43)31-37)46-28-30-56-52(34-46)58(49-17-9-7-15-47(49)48-16-8-10-18-50(48)58)51-33-45(27-29-55(51)62-56)38-21-23-40(24-22-38)54-35-53(39-11-3-1-4-12-39)60-57(61-54)41-13-5-2-6-14-41/h1-35H. The van der Waals surface area contributed by atoms with E-state index in [1.54, 1.807) is 0 Å². The van der Waals surface area contributed by atoms with Crippen molar-refractivity contribution in [1.82, 2.24) is 9.97 Å². The van der Waals surface area contributed by atoms with E-state index in [-0.39, 0.29) is 0 Å². The third-order valence-electron chi connectivity index (χ3n) is 12.6. The molecule has 12 rings (SSSR count). The minimum Gasteiger partial charge on any atom is -0.457 e. The number of fused-ring (bicyclic) bond motifs is 10. The zero-order valence-electron chi connectivity index (χ0n) is 33.5. The maximum absolute atomic E-state index is 9.51. The summed E-state index contributed by atoms with van der Waals surface area (Å²) >= 11 is 0. The van der Waals surface area contributed by atoms with Crippen LogP contribution in [0.3, 0.4) is 0 Å². The molecule has 9 aromatic carbocycles. The maximum Gasteiger partial charge on any atom is 0.160 e. The number of benzene rings is 9. The van der Waals surface area contributed by atoms with Crippen molar-refractivity contribution in [3.8, 4) is 84.9 Å². The second-order valence-electron chi connectivity index (χ2n) is 16.0. The van der Waals surface area contributed by atoms with Gasteiger partial charge in [-0.3, -0.25) is 0 Å². The summed E-state index contributed by atoms with van der Waals surface area (Å²) in [7, 11) is 0. The fourth-order valence-electron chi connectivity index (χ4n) is 9.66. The second-order valence-corrected chi connectivity index (χ2v) is 16.0. The molecule has 1 spiro atoms. The lowest BCUT2D eigenvalue weighted by molar-refractivity contribution is 0.436. The highest BCUT2D eigenvalue weighted by Crippen LogP contribution is 2.62. The largest absolute Gasteiger partial charge is 0.457 e. The Balaban J connectivity index is 1.000. The molecule has 0 saturated heterocycles. The van der Waals surface area contributed by atoms with Gasteiger partial charge in [-0.2, -0.15) is 5.26 Å². The molecule has 288 valence electrons. The van der Waals surface area contributed by atoms with Gasteiger partial charge in [-0.25, -0.2) is 9.97 Å². The molecule has 4 nitrogen and oxygen atoms in total. The third-order valence-corrected chi connectivity index (χ3v) is 12.6. The molecule has 4 heteroatoms. The Labute approximate surface area is 359 Å². The summed E-state index contributed by atoms with van der Waals surface area (Å²) in [5, 5.41) is 11.6. The van der Waals surface area contributed by atoms with Gasteiger partial charge in [-0.1, -0.05) is 164 Å². The number of hydrogen-bond donors (Lipinski definition) is 0. The van der Waals surface area contributed by atoms with E-state index in [4.69, 9.17) is 14.7 Å². The Morgan fingerprint density at radius 1 is 0.371 bits per heavy atom. The van der Waals surface area contributed by atoms with E-state index in [1.165, 1.54) is 22.3 Å². The lowest BCUT2D eigenvalue weighted by Gasteiger charge is -2.40. The summed E-state index contributed by atoms with van der Waals surface area (Å²) in [4.78, 5) is 10.1. The summed E-state index contributed by atoms with van der Waals surface area (Å²) < 4.78 is 6.90. The molecule has 0 amide bonds. The number of hydrogen-bond acceptors (Lipinski definition) is 4. The first-order valence-corrected chi connectivity index (χ1v) is 20.9. The summed E-state index contributed by atoms with van der Waals surface area (Å²) in [5.74, 6) is 2.39. The van der Waals surface area contributed by atoms with Crippen LogP contribution < -0.4 is 4.74 Å². The molecule has 0 atom stereocenters. The van der Waals surface area contributed by atoms with Crippen molar-refractivity contribution in [2.24, 2.45) is 0 Å². The van der Waals surface area contributed by atoms with Crippen molar-refractivity contribution in [2.75, 3.05) is 0 Å². The maximum atomic E-state index is 9.51. The average Bonchev–Trinajstić information content (AvgIpc) is 3.64. The molecule has 62 heavy (non-hydrogen) atoms. The lowest BCUT2D eigenvalue weighted by atomic mass is 9.65. The topological polar surface area (TPSA) is 58.8 Å². The van der Waals surface area contributed by atoms with Gasteiger partial charge in [0.05, 0.1) is 28.4 Å². The van der Waals surface area contributed by atoms with Gasteiger partial charge in [0.25, 0.3) is 0 Å². The second kappa shape index (κ2) is 14.1. The minimum absolute atomic E-state index is 0.636. The monoisotopic (exact) mass is 789 g/mol. The van der Waals surface area contributed by atoms with Gasteiger partial charge in [0.2, 0.25) is 0 Å². The van der Waals surface area contributed by atoms with Crippen LogP contribution in [0.2, 0.25) is 0 Å². The molecule has 1 aromatic heterocycles. The van der Waals surface area contributed by atoms with Crippen LogP contribution in [0.4, 0.5) is 0 Å². The van der Waals surface area contributed by atoms with Gasteiger partial charge in [-0.05, 0) is 104 Å². The summed E-state index contributed by atoms with van der Waals surface area (Å²) in [5.41, 5.74) is 16.4. The number of ether oxygens (including phenoxy) is 1. The summed E-state index contributed by atoms with van der Waals surface area (Å²) in [6.45, 7) is 0. The Morgan fingerprint density at radius 2 is 0.839 bits per heavy atom. The predicted octanol–water partition coefficient (Wildman–Crippen LogP) is 14.3. The Hall–Kier alpha value is -8.39. The SMILES string of the molecule is N#Cc1ccc2cc(-c3ccc4c(c3)C3(c5cc(-c6ccc(-c7cc(-c8ccccc8)nc(-c8ccccc8)n7)cc6)ccc5O4)c4ccccc4-c4ccccc43)ccc2c1. The molecule has 2 aliphatic rings. The quantitative estimate of drug-likeness (QED) is 0.174.